The molecule has 0 saturated carbocycles. The highest BCUT2D eigenvalue weighted by Crippen LogP contribution is 2.18. The second-order valence-corrected chi connectivity index (χ2v) is 4.42. The Morgan fingerprint density at radius 1 is 1.00 bits per heavy atom. The summed E-state index contributed by atoms with van der Waals surface area (Å²) in [6.07, 6.45) is 1.83. The SMILES string of the molecule is Cc1ccc2ccn(C(=O)c3ccccc3)c2c1. The highest BCUT2D eigenvalue weighted by Gasteiger charge is 2.10. The molecule has 0 aliphatic rings. The molecule has 2 aromatic carbocycles. The fourth-order valence-corrected chi connectivity index (χ4v) is 2.14. The first-order valence-electron chi connectivity index (χ1n) is 5.93. The van der Waals surface area contributed by atoms with Gasteiger partial charge >= 0.3 is 0 Å². The summed E-state index contributed by atoms with van der Waals surface area (Å²) < 4.78 is 1.71. The molecular formula is C16H13NO. The van der Waals surface area contributed by atoms with Crippen molar-refractivity contribution in [2.75, 3.05) is 0 Å². The molecule has 2 heteroatoms. The number of benzene rings is 2. The molecule has 88 valence electrons. The van der Waals surface area contributed by atoms with Crippen LogP contribution in [0.4, 0.5) is 0 Å². The van der Waals surface area contributed by atoms with Gasteiger partial charge < -0.3 is 0 Å². The molecular weight excluding hydrogens is 222 g/mol. The van der Waals surface area contributed by atoms with E-state index in [4.69, 9.17) is 0 Å². The quantitative estimate of drug-likeness (QED) is 0.631. The average molecular weight is 235 g/mol. The molecule has 18 heavy (non-hydrogen) atoms. The molecule has 2 nitrogen and oxygen atoms in total. The molecule has 0 saturated heterocycles. The minimum atomic E-state index is 0.0104. The Bertz CT molecular complexity index is 710. The molecule has 0 aliphatic carbocycles. The molecule has 0 amide bonds. The van der Waals surface area contributed by atoms with Crippen molar-refractivity contribution < 1.29 is 4.79 Å². The Kier molecular flexibility index (Phi) is 2.49. The van der Waals surface area contributed by atoms with E-state index in [1.165, 1.54) is 0 Å². The number of carbonyl (C=O) groups is 1. The van der Waals surface area contributed by atoms with Gasteiger partial charge in [0.1, 0.15) is 0 Å². The zero-order chi connectivity index (χ0) is 12.5. The maximum absolute atomic E-state index is 12.4. The summed E-state index contributed by atoms with van der Waals surface area (Å²) in [6, 6.07) is 17.4. The summed E-state index contributed by atoms with van der Waals surface area (Å²) in [4.78, 5) is 12.4. The highest BCUT2D eigenvalue weighted by atomic mass is 16.2. The molecule has 3 rings (SSSR count). The monoisotopic (exact) mass is 235 g/mol. The largest absolute Gasteiger partial charge is 0.283 e. The molecule has 0 spiro atoms. The Balaban J connectivity index is 2.15. The maximum Gasteiger partial charge on any atom is 0.262 e. The first-order valence-corrected chi connectivity index (χ1v) is 5.93. The molecule has 0 unspecified atom stereocenters. The van der Waals surface area contributed by atoms with E-state index in [9.17, 15) is 4.79 Å². The van der Waals surface area contributed by atoms with Gasteiger partial charge in [-0.25, -0.2) is 0 Å². The second kappa shape index (κ2) is 4.15. The van der Waals surface area contributed by atoms with Gasteiger partial charge in [-0.3, -0.25) is 9.36 Å². The highest BCUT2D eigenvalue weighted by molar-refractivity contribution is 6.02. The van der Waals surface area contributed by atoms with Crippen LogP contribution in [0.5, 0.6) is 0 Å². The normalized spacial score (nSPS) is 10.7. The minimum Gasteiger partial charge on any atom is -0.283 e. The zero-order valence-electron chi connectivity index (χ0n) is 10.1. The van der Waals surface area contributed by atoms with Gasteiger partial charge in [0.25, 0.3) is 5.91 Å². The van der Waals surface area contributed by atoms with Gasteiger partial charge in [-0.15, -0.1) is 0 Å². The third-order valence-electron chi connectivity index (χ3n) is 3.09. The van der Waals surface area contributed by atoms with E-state index < -0.39 is 0 Å². The summed E-state index contributed by atoms with van der Waals surface area (Å²) in [6.45, 7) is 2.03. The Hall–Kier alpha value is -2.35. The van der Waals surface area contributed by atoms with Crippen molar-refractivity contribution in [3.63, 3.8) is 0 Å². The molecule has 0 fully saturated rings. The van der Waals surface area contributed by atoms with Gasteiger partial charge in [-0.2, -0.15) is 0 Å². The first-order chi connectivity index (χ1) is 8.75. The standard InChI is InChI=1S/C16H13NO/c1-12-7-8-13-9-10-17(15(13)11-12)16(18)14-5-3-2-4-6-14/h2-11H,1H3. The van der Waals surface area contributed by atoms with E-state index in [0.29, 0.717) is 5.56 Å². The van der Waals surface area contributed by atoms with Crippen molar-refractivity contribution >= 4 is 16.8 Å². The van der Waals surface area contributed by atoms with Crippen LogP contribution in [0.15, 0.2) is 60.8 Å². The van der Waals surface area contributed by atoms with Gasteiger partial charge in [0.2, 0.25) is 0 Å². The number of rotatable bonds is 1. The van der Waals surface area contributed by atoms with Crippen LogP contribution in [0.3, 0.4) is 0 Å². The van der Waals surface area contributed by atoms with Gasteiger partial charge in [0.15, 0.2) is 0 Å². The number of hydrogen-bond acceptors (Lipinski definition) is 1. The number of aryl methyl sites for hydroxylation is 1. The Morgan fingerprint density at radius 2 is 1.78 bits per heavy atom. The number of fused-ring (bicyclic) bond motifs is 1. The van der Waals surface area contributed by atoms with Crippen molar-refractivity contribution in [2.24, 2.45) is 0 Å². The van der Waals surface area contributed by atoms with E-state index in [1.54, 1.807) is 4.57 Å². The van der Waals surface area contributed by atoms with Crippen LogP contribution in [0.25, 0.3) is 10.9 Å². The van der Waals surface area contributed by atoms with Crippen LogP contribution in [-0.4, -0.2) is 10.5 Å². The van der Waals surface area contributed by atoms with Crippen LogP contribution < -0.4 is 0 Å². The van der Waals surface area contributed by atoms with Gasteiger partial charge in [-0.1, -0.05) is 30.3 Å². The lowest BCUT2D eigenvalue weighted by molar-refractivity contribution is 0.0965. The van der Waals surface area contributed by atoms with Crippen LogP contribution in [0, 0.1) is 6.92 Å². The van der Waals surface area contributed by atoms with Gasteiger partial charge in [0.05, 0.1) is 5.52 Å². The fraction of sp³-hybridized carbons (Fsp3) is 0.0625. The van der Waals surface area contributed by atoms with E-state index in [1.807, 2.05) is 61.7 Å². The lowest BCUT2D eigenvalue weighted by Crippen LogP contribution is -2.10. The van der Waals surface area contributed by atoms with Crippen LogP contribution >= 0.6 is 0 Å². The van der Waals surface area contributed by atoms with Crippen LogP contribution in [-0.2, 0) is 0 Å². The minimum absolute atomic E-state index is 0.0104. The van der Waals surface area contributed by atoms with Crippen molar-refractivity contribution in [3.05, 3.63) is 71.9 Å². The summed E-state index contributed by atoms with van der Waals surface area (Å²) in [5.41, 5.74) is 2.82. The molecule has 0 aliphatic heterocycles. The predicted molar refractivity (Wildman–Crippen MR) is 72.8 cm³/mol. The molecule has 0 atom stereocenters. The lowest BCUT2D eigenvalue weighted by Gasteiger charge is -2.04. The summed E-state index contributed by atoms with van der Waals surface area (Å²) >= 11 is 0. The molecule has 0 radical (unpaired) electrons. The van der Waals surface area contributed by atoms with Gasteiger partial charge in [0, 0.05) is 17.1 Å². The third-order valence-corrected chi connectivity index (χ3v) is 3.09. The summed E-state index contributed by atoms with van der Waals surface area (Å²) in [7, 11) is 0. The molecule has 1 heterocycles. The Labute approximate surface area is 105 Å². The van der Waals surface area contributed by atoms with E-state index in [0.717, 1.165) is 16.5 Å². The maximum atomic E-state index is 12.4. The van der Waals surface area contributed by atoms with Crippen LogP contribution in [0.2, 0.25) is 0 Å². The Morgan fingerprint density at radius 3 is 2.56 bits per heavy atom. The topological polar surface area (TPSA) is 22.0 Å². The van der Waals surface area contributed by atoms with Crippen LogP contribution in [0.1, 0.15) is 15.9 Å². The number of nitrogens with zero attached hydrogens (tertiary/aromatic N) is 1. The average Bonchev–Trinajstić information content (AvgIpc) is 2.82. The molecule has 0 N–H and O–H groups in total. The molecule has 1 aromatic heterocycles. The summed E-state index contributed by atoms with van der Waals surface area (Å²) in [5, 5.41) is 1.09. The smallest absolute Gasteiger partial charge is 0.262 e. The van der Waals surface area contributed by atoms with E-state index in [2.05, 4.69) is 6.07 Å². The molecule has 3 aromatic rings. The van der Waals surface area contributed by atoms with Gasteiger partial charge in [-0.05, 0) is 36.8 Å². The van der Waals surface area contributed by atoms with Crippen molar-refractivity contribution in [2.45, 2.75) is 6.92 Å². The number of carbonyl (C=O) groups excluding carboxylic acids is 1. The predicted octanol–water partition coefficient (Wildman–Crippen LogP) is 3.64. The number of aromatic nitrogens is 1. The van der Waals surface area contributed by atoms with Crippen molar-refractivity contribution in [3.8, 4) is 0 Å². The third kappa shape index (κ3) is 1.72. The zero-order valence-corrected chi connectivity index (χ0v) is 10.1. The number of hydrogen-bond donors (Lipinski definition) is 0. The fourth-order valence-electron chi connectivity index (χ4n) is 2.14. The van der Waals surface area contributed by atoms with Crippen molar-refractivity contribution in [1.29, 1.82) is 0 Å². The van der Waals surface area contributed by atoms with E-state index in [-0.39, 0.29) is 5.91 Å². The lowest BCUT2D eigenvalue weighted by atomic mass is 10.2. The molecule has 0 bridgehead atoms. The van der Waals surface area contributed by atoms with Crippen molar-refractivity contribution in [1.82, 2.24) is 4.57 Å². The first kappa shape index (κ1) is 10.8. The van der Waals surface area contributed by atoms with E-state index >= 15 is 0 Å². The summed E-state index contributed by atoms with van der Waals surface area (Å²) in [5.74, 6) is 0.0104. The second-order valence-electron chi connectivity index (χ2n) is 4.42.